The molecule has 1 aliphatic rings. The fourth-order valence-electron chi connectivity index (χ4n) is 2.52. The zero-order valence-electron chi connectivity index (χ0n) is 11.1. The minimum absolute atomic E-state index is 0.0726. The smallest absolute Gasteiger partial charge is 0.411 e. The number of carbonyl (C=O) groups excluding carboxylic acids is 1. The van der Waals surface area contributed by atoms with Gasteiger partial charge in [0, 0.05) is 0 Å². The average molecular weight is 275 g/mol. The topological polar surface area (TPSA) is 66.8 Å². The highest BCUT2D eigenvalue weighted by Gasteiger charge is 2.42. The third-order valence-electron chi connectivity index (χ3n) is 3.39. The van der Waals surface area contributed by atoms with E-state index in [1.807, 2.05) is 30.3 Å². The van der Waals surface area contributed by atoms with Crippen LogP contribution >= 0.6 is 0 Å². The lowest BCUT2D eigenvalue weighted by atomic mass is 10.1. The van der Waals surface area contributed by atoms with Crippen molar-refractivity contribution in [3.8, 4) is 0 Å². The van der Waals surface area contributed by atoms with E-state index in [9.17, 15) is 14.7 Å². The summed E-state index contributed by atoms with van der Waals surface area (Å²) in [6.07, 6.45) is 1.90. The van der Waals surface area contributed by atoms with E-state index >= 15 is 0 Å². The average Bonchev–Trinajstić information content (AvgIpc) is 2.90. The van der Waals surface area contributed by atoms with E-state index in [2.05, 4.69) is 6.58 Å². The maximum Gasteiger partial charge on any atom is 0.411 e. The molecule has 2 rings (SSSR count). The van der Waals surface area contributed by atoms with Crippen LogP contribution in [0.15, 0.2) is 43.0 Å². The summed E-state index contributed by atoms with van der Waals surface area (Å²) in [6.45, 7) is 3.55. The summed E-state index contributed by atoms with van der Waals surface area (Å²) in [6, 6.07) is 8.32. The number of carbonyl (C=O) groups is 2. The molecule has 1 heterocycles. The normalized spacial score (nSPS) is 21.5. The Kier molecular flexibility index (Phi) is 4.40. The van der Waals surface area contributed by atoms with Crippen LogP contribution in [0.25, 0.3) is 0 Å². The van der Waals surface area contributed by atoms with Gasteiger partial charge in [-0.3, -0.25) is 4.90 Å². The number of likely N-dealkylation sites (tertiary alicyclic amines) is 1. The largest absolute Gasteiger partial charge is 0.480 e. The number of rotatable bonds is 4. The molecule has 0 bridgehead atoms. The summed E-state index contributed by atoms with van der Waals surface area (Å²) in [5, 5.41) is 9.25. The minimum atomic E-state index is -1.00. The number of benzene rings is 1. The number of ether oxygens (including phenoxy) is 1. The van der Waals surface area contributed by atoms with Crippen molar-refractivity contribution in [2.75, 3.05) is 6.61 Å². The first kappa shape index (κ1) is 14.1. The van der Waals surface area contributed by atoms with Crippen molar-refractivity contribution < 1.29 is 19.4 Å². The third-order valence-corrected chi connectivity index (χ3v) is 3.39. The van der Waals surface area contributed by atoms with Crippen LogP contribution in [0.3, 0.4) is 0 Å². The molecule has 1 aliphatic heterocycles. The van der Waals surface area contributed by atoms with Gasteiger partial charge in [0.15, 0.2) is 0 Å². The van der Waals surface area contributed by atoms with Gasteiger partial charge in [0.05, 0.1) is 6.04 Å². The summed E-state index contributed by atoms with van der Waals surface area (Å²) in [4.78, 5) is 24.7. The van der Waals surface area contributed by atoms with E-state index in [1.54, 1.807) is 0 Å². The van der Waals surface area contributed by atoms with Gasteiger partial charge in [0.1, 0.15) is 12.6 Å². The Morgan fingerprint density at radius 3 is 2.65 bits per heavy atom. The van der Waals surface area contributed by atoms with Crippen LogP contribution < -0.4 is 0 Å². The van der Waals surface area contributed by atoms with Crippen LogP contribution in [0.2, 0.25) is 0 Å². The zero-order chi connectivity index (χ0) is 14.5. The molecule has 5 heteroatoms. The lowest BCUT2D eigenvalue weighted by Crippen LogP contribution is -2.42. The highest BCUT2D eigenvalue weighted by molar-refractivity contribution is 5.81. The molecule has 1 aromatic rings. The predicted molar refractivity (Wildman–Crippen MR) is 73.2 cm³/mol. The number of nitrogens with zero attached hydrogens (tertiary/aromatic N) is 1. The Bertz CT molecular complexity index is 500. The van der Waals surface area contributed by atoms with E-state index in [-0.39, 0.29) is 12.6 Å². The van der Waals surface area contributed by atoms with Gasteiger partial charge >= 0.3 is 12.1 Å². The van der Waals surface area contributed by atoms with Gasteiger partial charge in [0.2, 0.25) is 0 Å². The summed E-state index contributed by atoms with van der Waals surface area (Å²) in [7, 11) is 0. The number of carboxylic acid groups (broad SMARTS) is 1. The fraction of sp³-hybridized carbons (Fsp3) is 0.333. The first-order valence-corrected chi connectivity index (χ1v) is 6.49. The quantitative estimate of drug-likeness (QED) is 0.858. The standard InChI is InChI=1S/C15H17NO4/c1-2-10-20-15(19)16-12(8-9-13(16)14(17)18)11-6-4-3-5-7-11/h2-7,12-13H,1,8-10H2,(H,17,18)/t12-,13+/m0/s1. The second kappa shape index (κ2) is 6.23. The highest BCUT2D eigenvalue weighted by Crippen LogP contribution is 2.36. The molecule has 0 radical (unpaired) electrons. The molecule has 0 unspecified atom stereocenters. The van der Waals surface area contributed by atoms with Crippen LogP contribution in [0.1, 0.15) is 24.4 Å². The van der Waals surface area contributed by atoms with Crippen LogP contribution in [0.5, 0.6) is 0 Å². The second-order valence-corrected chi connectivity index (χ2v) is 4.63. The molecule has 5 nitrogen and oxygen atoms in total. The van der Waals surface area contributed by atoms with Gasteiger partial charge in [0.25, 0.3) is 0 Å². The highest BCUT2D eigenvalue weighted by atomic mass is 16.6. The number of aliphatic carboxylic acids is 1. The van der Waals surface area contributed by atoms with Crippen LogP contribution in [0, 0.1) is 0 Å². The van der Waals surface area contributed by atoms with Gasteiger partial charge in [-0.15, -0.1) is 0 Å². The molecule has 0 aromatic heterocycles. The van der Waals surface area contributed by atoms with E-state index in [0.29, 0.717) is 12.8 Å². The number of carboxylic acids is 1. The van der Waals surface area contributed by atoms with Gasteiger partial charge < -0.3 is 9.84 Å². The molecular weight excluding hydrogens is 258 g/mol. The van der Waals surface area contributed by atoms with E-state index < -0.39 is 18.1 Å². The summed E-state index contributed by atoms with van der Waals surface area (Å²) in [5.74, 6) is -1.00. The summed E-state index contributed by atoms with van der Waals surface area (Å²) in [5.41, 5.74) is 0.923. The first-order chi connectivity index (χ1) is 9.65. The maximum absolute atomic E-state index is 12.1. The molecule has 1 amide bonds. The van der Waals surface area contributed by atoms with Gasteiger partial charge in [-0.2, -0.15) is 0 Å². The number of amides is 1. The monoisotopic (exact) mass is 275 g/mol. The Morgan fingerprint density at radius 2 is 2.05 bits per heavy atom. The van der Waals surface area contributed by atoms with Crippen molar-refractivity contribution in [2.45, 2.75) is 24.9 Å². The molecular formula is C15H17NO4. The Balaban J connectivity index is 2.25. The Labute approximate surface area is 117 Å². The molecule has 2 atom stereocenters. The number of hydrogen-bond acceptors (Lipinski definition) is 3. The van der Waals surface area contributed by atoms with Crippen molar-refractivity contribution in [3.63, 3.8) is 0 Å². The zero-order valence-corrected chi connectivity index (χ0v) is 11.1. The van der Waals surface area contributed by atoms with E-state index in [0.717, 1.165) is 5.56 Å². The van der Waals surface area contributed by atoms with Crippen molar-refractivity contribution in [1.29, 1.82) is 0 Å². The molecule has 106 valence electrons. The van der Waals surface area contributed by atoms with Gasteiger partial charge in [-0.05, 0) is 18.4 Å². The molecule has 1 N–H and O–H groups in total. The molecule has 0 aliphatic carbocycles. The second-order valence-electron chi connectivity index (χ2n) is 4.63. The van der Waals surface area contributed by atoms with Crippen LogP contribution in [-0.4, -0.2) is 34.7 Å². The first-order valence-electron chi connectivity index (χ1n) is 6.49. The molecule has 1 aromatic carbocycles. The lowest BCUT2D eigenvalue weighted by Gasteiger charge is -2.27. The van der Waals surface area contributed by atoms with Crippen LogP contribution in [-0.2, 0) is 9.53 Å². The van der Waals surface area contributed by atoms with Crippen molar-refractivity contribution >= 4 is 12.1 Å². The van der Waals surface area contributed by atoms with Crippen molar-refractivity contribution in [1.82, 2.24) is 4.90 Å². The molecule has 20 heavy (non-hydrogen) atoms. The third kappa shape index (κ3) is 2.82. The maximum atomic E-state index is 12.1. The minimum Gasteiger partial charge on any atom is -0.480 e. The van der Waals surface area contributed by atoms with Gasteiger partial charge in [-0.25, -0.2) is 9.59 Å². The molecule has 1 saturated heterocycles. The SMILES string of the molecule is C=CCOC(=O)N1[C@@H](C(=O)O)CC[C@H]1c1ccccc1. The Hall–Kier alpha value is -2.30. The lowest BCUT2D eigenvalue weighted by molar-refractivity contribution is -0.142. The fourth-order valence-corrected chi connectivity index (χ4v) is 2.52. The number of hydrogen-bond donors (Lipinski definition) is 1. The summed E-state index contributed by atoms with van der Waals surface area (Å²) >= 11 is 0. The van der Waals surface area contributed by atoms with E-state index in [4.69, 9.17) is 4.74 Å². The predicted octanol–water partition coefficient (Wildman–Crippen LogP) is 2.60. The molecule has 1 fully saturated rings. The molecule has 0 saturated carbocycles. The van der Waals surface area contributed by atoms with Gasteiger partial charge in [-0.1, -0.05) is 43.0 Å². The van der Waals surface area contributed by atoms with E-state index in [1.165, 1.54) is 11.0 Å². The molecule has 0 spiro atoms. The van der Waals surface area contributed by atoms with Crippen molar-refractivity contribution in [2.24, 2.45) is 0 Å². The van der Waals surface area contributed by atoms with Crippen molar-refractivity contribution in [3.05, 3.63) is 48.6 Å². The summed E-state index contributed by atoms with van der Waals surface area (Å²) < 4.78 is 5.01. The van der Waals surface area contributed by atoms with Crippen LogP contribution in [0.4, 0.5) is 4.79 Å². The Morgan fingerprint density at radius 1 is 1.35 bits per heavy atom.